The molecule has 1 aliphatic heterocycles. The number of hydrogen-bond donors (Lipinski definition) is 8. The molecule has 0 radical (unpaired) electrons. The molecule has 0 spiro atoms. The summed E-state index contributed by atoms with van der Waals surface area (Å²) in [6, 6.07) is -6.00. The van der Waals surface area contributed by atoms with Crippen molar-refractivity contribution in [3.8, 4) is 0 Å². The van der Waals surface area contributed by atoms with Gasteiger partial charge in [0.05, 0.1) is 19.1 Å². The van der Waals surface area contributed by atoms with Gasteiger partial charge in [-0.3, -0.25) is 28.8 Å². The second kappa shape index (κ2) is 13.4. The Kier molecular flexibility index (Phi) is 11.6. The maximum atomic E-state index is 13.0. The molecule has 5 unspecified atom stereocenters. The highest BCUT2D eigenvalue weighted by Crippen LogP contribution is 2.19. The van der Waals surface area contributed by atoms with E-state index >= 15 is 0 Å². The molecular weight excluding hydrogens is 496 g/mol. The van der Waals surface area contributed by atoms with E-state index in [0.717, 1.165) is 11.8 Å². The number of hydrogen-bond acceptors (Lipinski definition) is 9. The molecule has 0 saturated carbocycles. The van der Waals surface area contributed by atoms with Crippen molar-refractivity contribution in [2.24, 2.45) is 5.73 Å². The number of carbonyl (C=O) groups excluding carboxylic acids is 5. The van der Waals surface area contributed by atoms with Gasteiger partial charge in [-0.1, -0.05) is 0 Å². The number of aliphatic hydroxyl groups excluding tert-OH is 1. The number of nitrogens with one attached hydrogen (secondary N) is 5. The van der Waals surface area contributed by atoms with E-state index in [0.29, 0.717) is 0 Å². The van der Waals surface area contributed by atoms with Crippen molar-refractivity contribution < 1.29 is 39.0 Å². The Morgan fingerprint density at radius 1 is 0.972 bits per heavy atom. The molecule has 1 aliphatic rings. The number of nitrogens with two attached hydrogens (primary N) is 1. The van der Waals surface area contributed by atoms with Crippen LogP contribution in [0.25, 0.3) is 0 Å². The number of primary amides is 1. The van der Waals surface area contributed by atoms with Crippen molar-refractivity contribution in [2.45, 2.75) is 82.0 Å². The lowest BCUT2D eigenvalue weighted by Crippen LogP contribution is -2.61. The highest BCUT2D eigenvalue weighted by Gasteiger charge is 2.35. The second-order valence-electron chi connectivity index (χ2n) is 9.54. The van der Waals surface area contributed by atoms with Crippen molar-refractivity contribution >= 4 is 47.3 Å². The Hall–Kier alpha value is -2.91. The minimum Gasteiger partial charge on any atom is -0.480 e. The highest BCUT2D eigenvalue weighted by atomic mass is 32.2. The van der Waals surface area contributed by atoms with Gasteiger partial charge < -0.3 is 42.5 Å². The molecule has 6 atom stereocenters. The lowest BCUT2D eigenvalue weighted by molar-refractivity contribution is -0.138. The van der Waals surface area contributed by atoms with Crippen molar-refractivity contribution in [1.82, 2.24) is 26.6 Å². The quantitative estimate of drug-likeness (QED) is 0.177. The van der Waals surface area contributed by atoms with Crippen molar-refractivity contribution in [2.75, 3.05) is 12.4 Å². The number of thioether (sulfide) groups is 1. The smallest absolute Gasteiger partial charge is 0.318 e. The van der Waals surface area contributed by atoms with E-state index in [2.05, 4.69) is 26.6 Å². The van der Waals surface area contributed by atoms with E-state index in [1.165, 1.54) is 13.8 Å². The monoisotopic (exact) mass is 532 g/mol. The average molecular weight is 533 g/mol. The van der Waals surface area contributed by atoms with Gasteiger partial charge in [0.1, 0.15) is 23.4 Å². The summed E-state index contributed by atoms with van der Waals surface area (Å²) in [6.45, 7) is 7.33. The number of carboxylic acids is 1. The van der Waals surface area contributed by atoms with Gasteiger partial charge in [0, 0.05) is 17.3 Å². The Labute approximate surface area is 213 Å². The van der Waals surface area contributed by atoms with Gasteiger partial charge in [-0.15, -0.1) is 11.8 Å². The first-order valence-electron chi connectivity index (χ1n) is 11.3. The van der Waals surface area contributed by atoms with E-state index < -0.39 is 89.5 Å². The lowest BCUT2D eigenvalue weighted by atomic mass is 10.1. The first-order valence-corrected chi connectivity index (χ1v) is 12.3. The lowest BCUT2D eigenvalue weighted by Gasteiger charge is -2.31. The summed E-state index contributed by atoms with van der Waals surface area (Å²) in [6.07, 6.45) is -0.567. The maximum absolute atomic E-state index is 13.0. The van der Waals surface area contributed by atoms with Crippen LogP contribution in [0.15, 0.2) is 0 Å². The molecule has 15 heteroatoms. The summed E-state index contributed by atoms with van der Waals surface area (Å²) in [5.41, 5.74) is 4.62. The Bertz CT molecular complexity index is 864. The topological polar surface area (TPSA) is 229 Å². The first kappa shape index (κ1) is 31.1. The molecule has 1 heterocycles. The molecule has 0 aliphatic carbocycles. The van der Waals surface area contributed by atoms with E-state index in [1.54, 1.807) is 20.8 Å². The largest absolute Gasteiger partial charge is 0.480 e. The van der Waals surface area contributed by atoms with E-state index in [-0.39, 0.29) is 5.75 Å². The molecule has 1 fully saturated rings. The zero-order chi connectivity index (χ0) is 27.8. The van der Waals surface area contributed by atoms with Crippen LogP contribution in [-0.4, -0.2) is 99.1 Å². The van der Waals surface area contributed by atoms with Crippen LogP contribution < -0.4 is 32.3 Å². The fourth-order valence-electron chi connectivity index (χ4n) is 3.29. The average Bonchev–Trinajstić information content (AvgIpc) is 2.73. The van der Waals surface area contributed by atoms with Gasteiger partial charge in [-0.25, -0.2) is 0 Å². The molecule has 1 saturated heterocycles. The molecule has 5 amide bonds. The Balaban J connectivity index is 3.39. The van der Waals surface area contributed by atoms with Crippen LogP contribution in [0.2, 0.25) is 0 Å². The molecule has 0 aromatic rings. The summed E-state index contributed by atoms with van der Waals surface area (Å²) < 4.78 is 0. The molecule has 204 valence electrons. The summed E-state index contributed by atoms with van der Waals surface area (Å²) >= 11 is 0.874. The van der Waals surface area contributed by atoms with Crippen molar-refractivity contribution in [1.29, 1.82) is 0 Å². The fourth-order valence-corrected chi connectivity index (χ4v) is 4.42. The van der Waals surface area contributed by atoms with Crippen LogP contribution in [-0.2, 0) is 28.8 Å². The molecule has 14 nitrogen and oxygen atoms in total. The van der Waals surface area contributed by atoms with Crippen LogP contribution in [0.4, 0.5) is 0 Å². The third kappa shape index (κ3) is 9.99. The Morgan fingerprint density at radius 3 is 2.03 bits per heavy atom. The summed E-state index contributed by atoms with van der Waals surface area (Å²) in [5.74, 6) is -5.43. The van der Waals surface area contributed by atoms with Gasteiger partial charge in [-0.2, -0.15) is 0 Å². The number of carbonyl (C=O) groups is 6. The zero-order valence-corrected chi connectivity index (χ0v) is 21.7. The second-order valence-corrected chi connectivity index (χ2v) is 10.7. The third-order valence-electron chi connectivity index (χ3n) is 5.04. The van der Waals surface area contributed by atoms with E-state index in [9.17, 15) is 39.0 Å². The van der Waals surface area contributed by atoms with Crippen molar-refractivity contribution in [3.63, 3.8) is 0 Å². The number of carboxylic acid groups (broad SMARTS) is 1. The third-order valence-corrected chi connectivity index (χ3v) is 6.53. The predicted octanol–water partition coefficient (Wildman–Crippen LogP) is -3.21. The Morgan fingerprint density at radius 2 is 1.53 bits per heavy atom. The van der Waals surface area contributed by atoms with Gasteiger partial charge in [0.15, 0.2) is 0 Å². The normalized spacial score (nSPS) is 29.4. The number of aliphatic carboxylic acids is 1. The number of rotatable bonds is 5. The number of amides is 5. The molecule has 0 aromatic heterocycles. The number of aliphatic hydroxyl groups is 1. The minimum absolute atomic E-state index is 0.0576. The standard InChI is InChI=1S/C21H36N6O8S/c1-9-15(20(34)35)36-8-13(27-21(3,4)5)19(33)26-12(7-28)18(32)24-10(2)16(30)25-11(6-14(22)29)17(31)23-9/h9-13,15,27-28H,6-8H2,1-5H3,(H2,22,29)(H,23,31)(H,24,32)(H,25,30)(H,26,33)(H,34,35)/t9?,10-,11?,12?,13?,15?/m0/s1. The van der Waals surface area contributed by atoms with E-state index in [1.807, 2.05) is 0 Å². The molecule has 9 N–H and O–H groups in total. The molecule has 0 bridgehead atoms. The summed E-state index contributed by atoms with van der Waals surface area (Å²) in [5, 5.41) is 30.8. The molecular formula is C21H36N6O8S. The molecule has 0 aromatic carbocycles. The van der Waals surface area contributed by atoms with Crippen LogP contribution in [0.1, 0.15) is 41.0 Å². The van der Waals surface area contributed by atoms with Crippen LogP contribution in [0.5, 0.6) is 0 Å². The van der Waals surface area contributed by atoms with E-state index in [4.69, 9.17) is 5.73 Å². The first-order chi connectivity index (χ1) is 16.5. The van der Waals surface area contributed by atoms with Gasteiger partial charge in [0.25, 0.3) is 0 Å². The van der Waals surface area contributed by atoms with Gasteiger partial charge in [-0.05, 0) is 34.6 Å². The van der Waals surface area contributed by atoms with Crippen LogP contribution in [0.3, 0.4) is 0 Å². The van der Waals surface area contributed by atoms with Gasteiger partial charge >= 0.3 is 5.97 Å². The van der Waals surface area contributed by atoms with Gasteiger partial charge in [0.2, 0.25) is 29.5 Å². The summed E-state index contributed by atoms with van der Waals surface area (Å²) in [7, 11) is 0. The van der Waals surface area contributed by atoms with Crippen molar-refractivity contribution in [3.05, 3.63) is 0 Å². The minimum atomic E-state index is -1.42. The van der Waals surface area contributed by atoms with Crippen LogP contribution in [0, 0.1) is 0 Å². The van der Waals surface area contributed by atoms with Crippen LogP contribution >= 0.6 is 11.8 Å². The molecule has 1 rings (SSSR count). The summed E-state index contributed by atoms with van der Waals surface area (Å²) in [4.78, 5) is 74.4. The zero-order valence-electron chi connectivity index (χ0n) is 20.9. The molecule has 36 heavy (non-hydrogen) atoms. The maximum Gasteiger partial charge on any atom is 0.318 e. The fraction of sp³-hybridized carbons (Fsp3) is 0.714. The highest BCUT2D eigenvalue weighted by molar-refractivity contribution is 8.00. The predicted molar refractivity (Wildman–Crippen MR) is 131 cm³/mol. The SMILES string of the molecule is CC1NC(=O)C(CC(N)=O)NC(=O)[C@H](C)NC(=O)C(CO)NC(=O)C(NC(C)(C)C)CSC1C(=O)O.